The normalized spacial score (nSPS) is 13.0. The van der Waals surface area contributed by atoms with E-state index in [1.807, 2.05) is 0 Å². The molecule has 1 aromatic carbocycles. The Kier molecular flexibility index (Phi) is 2.73. The molecule has 12 heavy (non-hydrogen) atoms. The van der Waals surface area contributed by atoms with E-state index >= 15 is 0 Å². The lowest BCUT2D eigenvalue weighted by Gasteiger charge is -2.07. The SMILES string of the molecule is N[C@@H](CO)c1cc(F)cc(F)c1. The van der Waals surface area contributed by atoms with Gasteiger partial charge < -0.3 is 10.8 Å². The zero-order valence-electron chi connectivity index (χ0n) is 6.30. The fraction of sp³-hybridized carbons (Fsp3) is 0.250. The Morgan fingerprint density at radius 3 is 2.17 bits per heavy atom. The van der Waals surface area contributed by atoms with Crippen LogP contribution in [0.2, 0.25) is 0 Å². The van der Waals surface area contributed by atoms with Crippen molar-refractivity contribution in [3.63, 3.8) is 0 Å². The molecule has 0 saturated heterocycles. The second-order valence-corrected chi connectivity index (χ2v) is 2.49. The summed E-state index contributed by atoms with van der Waals surface area (Å²) in [6.07, 6.45) is 0. The van der Waals surface area contributed by atoms with Gasteiger partial charge in [0.25, 0.3) is 0 Å². The van der Waals surface area contributed by atoms with E-state index < -0.39 is 17.7 Å². The highest BCUT2D eigenvalue weighted by Crippen LogP contribution is 2.13. The predicted molar refractivity (Wildman–Crippen MR) is 40.4 cm³/mol. The van der Waals surface area contributed by atoms with Crippen molar-refractivity contribution in [1.82, 2.24) is 0 Å². The Morgan fingerprint density at radius 1 is 1.25 bits per heavy atom. The van der Waals surface area contributed by atoms with Gasteiger partial charge in [-0.05, 0) is 17.7 Å². The summed E-state index contributed by atoms with van der Waals surface area (Å²) in [6, 6.07) is 2.23. The van der Waals surface area contributed by atoms with E-state index in [1.54, 1.807) is 0 Å². The maximum absolute atomic E-state index is 12.5. The molecule has 2 nitrogen and oxygen atoms in total. The van der Waals surface area contributed by atoms with Crippen molar-refractivity contribution in [1.29, 1.82) is 0 Å². The molecule has 3 N–H and O–H groups in total. The smallest absolute Gasteiger partial charge is 0.126 e. The molecule has 0 unspecified atom stereocenters. The number of benzene rings is 1. The minimum Gasteiger partial charge on any atom is -0.394 e. The lowest BCUT2D eigenvalue weighted by atomic mass is 10.1. The minimum absolute atomic E-state index is 0.259. The van der Waals surface area contributed by atoms with Gasteiger partial charge in [-0.2, -0.15) is 0 Å². The van der Waals surface area contributed by atoms with Crippen molar-refractivity contribution >= 4 is 0 Å². The van der Waals surface area contributed by atoms with Crippen molar-refractivity contribution in [2.75, 3.05) is 6.61 Å². The van der Waals surface area contributed by atoms with Gasteiger partial charge in [-0.3, -0.25) is 0 Å². The van der Waals surface area contributed by atoms with Crippen LogP contribution in [0.5, 0.6) is 0 Å². The third-order valence-electron chi connectivity index (χ3n) is 1.51. The van der Waals surface area contributed by atoms with E-state index in [-0.39, 0.29) is 12.2 Å². The van der Waals surface area contributed by atoms with Crippen LogP contribution in [0.1, 0.15) is 11.6 Å². The lowest BCUT2D eigenvalue weighted by molar-refractivity contribution is 0.267. The summed E-state index contributed by atoms with van der Waals surface area (Å²) in [5, 5.41) is 8.60. The maximum Gasteiger partial charge on any atom is 0.126 e. The third-order valence-corrected chi connectivity index (χ3v) is 1.51. The van der Waals surface area contributed by atoms with Crippen LogP contribution in [0.15, 0.2) is 18.2 Å². The molecule has 66 valence electrons. The summed E-state index contributed by atoms with van der Waals surface area (Å²) in [7, 11) is 0. The first-order valence-corrected chi connectivity index (χ1v) is 3.46. The fourth-order valence-electron chi connectivity index (χ4n) is 0.895. The van der Waals surface area contributed by atoms with Crippen molar-refractivity contribution in [2.24, 2.45) is 5.73 Å². The molecule has 0 bridgehead atoms. The van der Waals surface area contributed by atoms with E-state index in [9.17, 15) is 8.78 Å². The van der Waals surface area contributed by atoms with Crippen LogP contribution in [0.4, 0.5) is 8.78 Å². The predicted octanol–water partition coefficient (Wildman–Crippen LogP) is 0.957. The molecule has 0 aliphatic heterocycles. The summed E-state index contributed by atoms with van der Waals surface area (Å²) in [5.74, 6) is -1.37. The average molecular weight is 173 g/mol. The van der Waals surface area contributed by atoms with Crippen LogP contribution in [0.25, 0.3) is 0 Å². The molecule has 1 atom stereocenters. The van der Waals surface area contributed by atoms with Gasteiger partial charge in [0.05, 0.1) is 12.6 Å². The first-order valence-electron chi connectivity index (χ1n) is 3.46. The van der Waals surface area contributed by atoms with Gasteiger partial charge in [0.15, 0.2) is 0 Å². The lowest BCUT2D eigenvalue weighted by Crippen LogP contribution is -2.14. The van der Waals surface area contributed by atoms with Gasteiger partial charge in [-0.15, -0.1) is 0 Å². The van der Waals surface area contributed by atoms with E-state index in [0.29, 0.717) is 0 Å². The Bertz CT molecular complexity index is 258. The van der Waals surface area contributed by atoms with E-state index in [1.165, 1.54) is 0 Å². The maximum atomic E-state index is 12.5. The number of hydrogen-bond donors (Lipinski definition) is 2. The molecule has 0 aliphatic carbocycles. The Balaban J connectivity index is 3.00. The summed E-state index contributed by atoms with van der Waals surface area (Å²) in [6.45, 7) is -0.330. The van der Waals surface area contributed by atoms with Crippen molar-refractivity contribution in [2.45, 2.75) is 6.04 Å². The number of hydrogen-bond acceptors (Lipinski definition) is 2. The van der Waals surface area contributed by atoms with Crippen molar-refractivity contribution in [3.05, 3.63) is 35.4 Å². The summed E-state index contributed by atoms with van der Waals surface area (Å²) in [4.78, 5) is 0. The first kappa shape index (κ1) is 9.09. The highest BCUT2D eigenvalue weighted by atomic mass is 19.1. The monoisotopic (exact) mass is 173 g/mol. The van der Waals surface area contributed by atoms with Gasteiger partial charge in [0.2, 0.25) is 0 Å². The Labute approximate surface area is 68.6 Å². The molecular weight excluding hydrogens is 164 g/mol. The molecule has 4 heteroatoms. The van der Waals surface area contributed by atoms with Crippen LogP contribution < -0.4 is 5.73 Å². The van der Waals surface area contributed by atoms with Crippen LogP contribution in [-0.4, -0.2) is 11.7 Å². The van der Waals surface area contributed by atoms with Crippen LogP contribution >= 0.6 is 0 Å². The topological polar surface area (TPSA) is 46.2 Å². The van der Waals surface area contributed by atoms with Gasteiger partial charge in [-0.1, -0.05) is 0 Å². The second kappa shape index (κ2) is 3.60. The first-order chi connectivity index (χ1) is 5.63. The molecule has 0 saturated carbocycles. The van der Waals surface area contributed by atoms with Crippen LogP contribution in [-0.2, 0) is 0 Å². The second-order valence-electron chi connectivity index (χ2n) is 2.49. The quantitative estimate of drug-likeness (QED) is 0.699. The molecule has 0 aromatic heterocycles. The third kappa shape index (κ3) is 1.99. The molecule has 0 spiro atoms. The van der Waals surface area contributed by atoms with Crippen LogP contribution in [0.3, 0.4) is 0 Å². The number of rotatable bonds is 2. The molecule has 0 heterocycles. The zero-order chi connectivity index (χ0) is 9.14. The molecule has 0 amide bonds. The van der Waals surface area contributed by atoms with Gasteiger partial charge in [0, 0.05) is 6.07 Å². The Hall–Kier alpha value is -1.00. The zero-order valence-corrected chi connectivity index (χ0v) is 6.30. The van der Waals surface area contributed by atoms with Gasteiger partial charge >= 0.3 is 0 Å². The number of halogens is 2. The molecule has 1 rings (SSSR count). The number of aliphatic hydroxyl groups excluding tert-OH is 1. The Morgan fingerprint density at radius 2 is 1.75 bits per heavy atom. The molecule has 0 radical (unpaired) electrons. The van der Waals surface area contributed by atoms with Crippen LogP contribution in [0, 0.1) is 11.6 Å². The number of nitrogens with two attached hydrogens (primary N) is 1. The molecular formula is C8H9F2NO. The minimum atomic E-state index is -0.727. The molecule has 0 aliphatic rings. The van der Waals surface area contributed by atoms with E-state index in [2.05, 4.69) is 0 Å². The molecule has 1 aromatic rings. The van der Waals surface area contributed by atoms with Crippen molar-refractivity contribution in [3.8, 4) is 0 Å². The standard InChI is InChI=1S/C8H9F2NO/c9-6-1-5(8(11)4-12)2-7(10)3-6/h1-3,8,12H,4,11H2/t8-/m0/s1. The number of aliphatic hydroxyl groups is 1. The fourth-order valence-corrected chi connectivity index (χ4v) is 0.895. The largest absolute Gasteiger partial charge is 0.394 e. The summed E-state index contributed by atoms with van der Waals surface area (Å²) < 4.78 is 25.1. The molecule has 0 fully saturated rings. The highest BCUT2D eigenvalue weighted by molar-refractivity contribution is 5.20. The average Bonchev–Trinajstić information content (AvgIpc) is 2.01. The van der Waals surface area contributed by atoms with E-state index in [4.69, 9.17) is 10.8 Å². The van der Waals surface area contributed by atoms with Gasteiger partial charge in [-0.25, -0.2) is 8.78 Å². The summed E-state index contributed by atoms with van der Waals surface area (Å²) in [5.41, 5.74) is 5.61. The van der Waals surface area contributed by atoms with Crippen molar-refractivity contribution < 1.29 is 13.9 Å². The highest BCUT2D eigenvalue weighted by Gasteiger charge is 2.07. The van der Waals surface area contributed by atoms with E-state index in [0.717, 1.165) is 18.2 Å². The van der Waals surface area contributed by atoms with Gasteiger partial charge in [0.1, 0.15) is 11.6 Å². The summed E-state index contributed by atoms with van der Waals surface area (Å²) >= 11 is 0.